The summed E-state index contributed by atoms with van der Waals surface area (Å²) in [5, 5.41) is 3.34. The molecule has 2 rings (SSSR count). The number of nitrogens with zero attached hydrogens (tertiary/aromatic N) is 1. The number of aromatic nitrogens is 1. The van der Waals surface area contributed by atoms with Crippen molar-refractivity contribution in [2.45, 2.75) is 38.6 Å². The second-order valence-electron chi connectivity index (χ2n) is 4.92. The molecule has 0 spiro atoms. The fourth-order valence-electron chi connectivity index (χ4n) is 2.06. The van der Waals surface area contributed by atoms with E-state index in [2.05, 4.69) is 17.2 Å². The summed E-state index contributed by atoms with van der Waals surface area (Å²) < 4.78 is 4.96. The molecule has 0 saturated heterocycles. The molecule has 0 unspecified atom stereocenters. The fraction of sp³-hybridized carbons (Fsp3) is 0.538. The smallest absolute Gasteiger partial charge is 0.340 e. The van der Waals surface area contributed by atoms with E-state index in [4.69, 9.17) is 10.5 Å². The molecule has 0 aromatic carbocycles. The Hall–Kier alpha value is -1.78. The van der Waals surface area contributed by atoms with Gasteiger partial charge in [0.25, 0.3) is 0 Å². The molecule has 0 aliphatic heterocycles. The summed E-state index contributed by atoms with van der Waals surface area (Å²) in [4.78, 5) is 15.9. The summed E-state index contributed by atoms with van der Waals surface area (Å²) in [5.41, 5.74) is 6.55. The second kappa shape index (κ2) is 4.84. The topological polar surface area (TPSA) is 77.2 Å². The number of nitrogen functional groups attached to an aromatic ring is 1. The van der Waals surface area contributed by atoms with Crippen molar-refractivity contribution < 1.29 is 9.53 Å². The number of hydrogen-bond donors (Lipinski definition) is 2. The molecular weight excluding hydrogens is 230 g/mol. The highest BCUT2D eigenvalue weighted by Crippen LogP contribution is 2.34. The lowest BCUT2D eigenvalue weighted by atomic mass is 9.78. The van der Waals surface area contributed by atoms with Crippen molar-refractivity contribution in [1.29, 1.82) is 0 Å². The number of hydrogen-bond acceptors (Lipinski definition) is 5. The van der Waals surface area contributed by atoms with Gasteiger partial charge in [0.1, 0.15) is 5.82 Å². The van der Waals surface area contributed by atoms with Crippen LogP contribution in [-0.4, -0.2) is 23.1 Å². The Bertz CT molecular complexity index is 456. The second-order valence-corrected chi connectivity index (χ2v) is 4.92. The zero-order valence-corrected chi connectivity index (χ0v) is 10.8. The first kappa shape index (κ1) is 12.7. The predicted molar refractivity (Wildman–Crippen MR) is 70.5 cm³/mol. The SMILES string of the molecule is CCOC(=O)c1cc(NC2(C)CCC2)ncc1N. The number of anilines is 2. The number of ether oxygens (including phenoxy) is 1. The van der Waals surface area contributed by atoms with E-state index in [9.17, 15) is 4.79 Å². The van der Waals surface area contributed by atoms with Gasteiger partial charge in [0.05, 0.1) is 24.1 Å². The van der Waals surface area contributed by atoms with E-state index >= 15 is 0 Å². The van der Waals surface area contributed by atoms with Crippen LogP contribution in [0.4, 0.5) is 11.5 Å². The Morgan fingerprint density at radius 2 is 2.33 bits per heavy atom. The van der Waals surface area contributed by atoms with Gasteiger partial charge in [0, 0.05) is 5.54 Å². The minimum atomic E-state index is -0.404. The van der Waals surface area contributed by atoms with Gasteiger partial charge in [-0.15, -0.1) is 0 Å². The number of carbonyl (C=O) groups is 1. The van der Waals surface area contributed by atoms with E-state index < -0.39 is 5.97 Å². The third-order valence-corrected chi connectivity index (χ3v) is 3.32. The molecule has 18 heavy (non-hydrogen) atoms. The average Bonchev–Trinajstić information content (AvgIpc) is 2.30. The van der Waals surface area contributed by atoms with Crippen LogP contribution in [0.3, 0.4) is 0 Å². The molecule has 98 valence electrons. The molecule has 1 aliphatic carbocycles. The Morgan fingerprint density at radius 3 is 2.89 bits per heavy atom. The van der Waals surface area contributed by atoms with Crippen LogP contribution in [0, 0.1) is 0 Å². The van der Waals surface area contributed by atoms with Gasteiger partial charge in [0.15, 0.2) is 0 Å². The van der Waals surface area contributed by atoms with Gasteiger partial charge in [-0.3, -0.25) is 0 Å². The normalized spacial score (nSPS) is 16.8. The molecule has 5 nitrogen and oxygen atoms in total. The molecule has 1 aliphatic rings. The van der Waals surface area contributed by atoms with E-state index in [-0.39, 0.29) is 5.54 Å². The van der Waals surface area contributed by atoms with Gasteiger partial charge in [-0.05, 0) is 39.2 Å². The van der Waals surface area contributed by atoms with Crippen LogP contribution in [0.1, 0.15) is 43.5 Å². The van der Waals surface area contributed by atoms with Gasteiger partial charge in [-0.1, -0.05) is 0 Å². The van der Waals surface area contributed by atoms with Crippen molar-refractivity contribution in [3.8, 4) is 0 Å². The molecule has 1 aromatic rings. The van der Waals surface area contributed by atoms with Gasteiger partial charge in [0.2, 0.25) is 0 Å². The van der Waals surface area contributed by atoms with Gasteiger partial charge in [-0.25, -0.2) is 9.78 Å². The van der Waals surface area contributed by atoms with Crippen LogP contribution in [-0.2, 0) is 4.74 Å². The zero-order chi connectivity index (χ0) is 13.2. The summed E-state index contributed by atoms with van der Waals surface area (Å²) >= 11 is 0. The van der Waals surface area contributed by atoms with Crippen LogP contribution in [0.2, 0.25) is 0 Å². The zero-order valence-electron chi connectivity index (χ0n) is 10.8. The fourth-order valence-corrected chi connectivity index (χ4v) is 2.06. The van der Waals surface area contributed by atoms with Gasteiger partial charge >= 0.3 is 5.97 Å². The Morgan fingerprint density at radius 1 is 1.61 bits per heavy atom. The lowest BCUT2D eigenvalue weighted by Crippen LogP contribution is -2.41. The molecule has 1 aromatic heterocycles. The molecule has 0 amide bonds. The van der Waals surface area contributed by atoms with Crippen molar-refractivity contribution >= 4 is 17.5 Å². The minimum absolute atomic E-state index is 0.0923. The molecule has 0 atom stereocenters. The highest BCUT2D eigenvalue weighted by Gasteiger charge is 2.32. The van der Waals surface area contributed by atoms with Crippen molar-refractivity contribution in [2.24, 2.45) is 0 Å². The number of pyridine rings is 1. The summed E-state index contributed by atoms with van der Waals surface area (Å²) in [5.74, 6) is 0.272. The molecular formula is C13H19N3O2. The maximum Gasteiger partial charge on any atom is 0.340 e. The average molecular weight is 249 g/mol. The quantitative estimate of drug-likeness (QED) is 0.800. The maximum atomic E-state index is 11.7. The van der Waals surface area contributed by atoms with Crippen molar-refractivity contribution in [1.82, 2.24) is 4.98 Å². The highest BCUT2D eigenvalue weighted by atomic mass is 16.5. The summed E-state index contributed by atoms with van der Waals surface area (Å²) in [6, 6.07) is 1.66. The largest absolute Gasteiger partial charge is 0.462 e. The van der Waals surface area contributed by atoms with Crippen LogP contribution < -0.4 is 11.1 Å². The van der Waals surface area contributed by atoms with Gasteiger partial charge in [-0.2, -0.15) is 0 Å². The molecule has 3 N–H and O–H groups in total. The number of rotatable bonds is 4. The first-order valence-electron chi connectivity index (χ1n) is 6.25. The first-order valence-corrected chi connectivity index (χ1v) is 6.25. The molecule has 0 bridgehead atoms. The van der Waals surface area contributed by atoms with Crippen LogP contribution in [0.5, 0.6) is 0 Å². The van der Waals surface area contributed by atoms with Gasteiger partial charge < -0.3 is 15.8 Å². The van der Waals surface area contributed by atoms with Crippen molar-refractivity contribution in [3.63, 3.8) is 0 Å². The van der Waals surface area contributed by atoms with E-state index in [0.717, 1.165) is 12.8 Å². The van der Waals surface area contributed by atoms with E-state index in [1.165, 1.54) is 12.6 Å². The maximum absolute atomic E-state index is 11.7. The highest BCUT2D eigenvalue weighted by molar-refractivity contribution is 5.95. The van der Waals surface area contributed by atoms with E-state index in [0.29, 0.717) is 23.7 Å². The number of carbonyl (C=O) groups excluding carboxylic acids is 1. The van der Waals surface area contributed by atoms with Crippen molar-refractivity contribution in [2.75, 3.05) is 17.7 Å². The summed E-state index contributed by atoms with van der Waals surface area (Å²) in [6.45, 7) is 4.25. The van der Waals surface area contributed by atoms with Crippen LogP contribution in [0.15, 0.2) is 12.3 Å². The first-order chi connectivity index (χ1) is 8.54. The Kier molecular flexibility index (Phi) is 3.41. The molecule has 5 heteroatoms. The summed E-state index contributed by atoms with van der Waals surface area (Å²) in [6.07, 6.45) is 4.96. The Labute approximate surface area is 107 Å². The third kappa shape index (κ3) is 2.55. The molecule has 1 saturated carbocycles. The lowest BCUT2D eigenvalue weighted by Gasteiger charge is -2.39. The van der Waals surface area contributed by atoms with Crippen molar-refractivity contribution in [3.05, 3.63) is 17.8 Å². The minimum Gasteiger partial charge on any atom is -0.462 e. The molecule has 1 fully saturated rings. The predicted octanol–water partition coefficient (Wildman–Crippen LogP) is 2.19. The third-order valence-electron chi connectivity index (χ3n) is 3.32. The molecule has 0 radical (unpaired) electrons. The lowest BCUT2D eigenvalue weighted by molar-refractivity contribution is 0.0527. The number of nitrogens with one attached hydrogen (secondary N) is 1. The number of esters is 1. The summed E-state index contributed by atoms with van der Waals surface area (Å²) in [7, 11) is 0. The number of nitrogens with two attached hydrogens (primary N) is 1. The molecule has 1 heterocycles. The Balaban J connectivity index is 2.17. The van der Waals surface area contributed by atoms with E-state index in [1.807, 2.05) is 0 Å². The monoisotopic (exact) mass is 249 g/mol. The van der Waals surface area contributed by atoms with Crippen LogP contribution >= 0.6 is 0 Å². The van der Waals surface area contributed by atoms with E-state index in [1.54, 1.807) is 13.0 Å². The standard InChI is InChI=1S/C13H19N3O2/c1-3-18-12(17)9-7-11(15-8-10(9)14)16-13(2)5-4-6-13/h7-8H,3-6,14H2,1-2H3,(H,15,16). The van der Waals surface area contributed by atoms with Crippen LogP contribution in [0.25, 0.3) is 0 Å².